The van der Waals surface area contributed by atoms with Crippen molar-refractivity contribution in [3.63, 3.8) is 0 Å². The van der Waals surface area contributed by atoms with E-state index in [0.717, 1.165) is 25.7 Å². The smallest absolute Gasteiger partial charge is 0.355 e. The second kappa shape index (κ2) is 9.06. The van der Waals surface area contributed by atoms with Crippen molar-refractivity contribution in [2.45, 2.75) is 72.4 Å². The molecule has 2 N–H and O–H groups in total. The summed E-state index contributed by atoms with van der Waals surface area (Å²) in [6.07, 6.45) is 3.85. The molecule has 2 rings (SSSR count). The Bertz CT molecular complexity index is 699. The number of hydrogen-bond acceptors (Lipinski definition) is 5. The van der Waals surface area contributed by atoms with Crippen LogP contribution in [0, 0.1) is 19.8 Å². The molecule has 0 aromatic carbocycles. The summed E-state index contributed by atoms with van der Waals surface area (Å²) in [4.78, 5) is 39.4. The van der Waals surface area contributed by atoms with Crippen LogP contribution in [0.2, 0.25) is 0 Å². The zero-order valence-corrected chi connectivity index (χ0v) is 16.8. The SMILES string of the molecule is Cc1[nH]c(C(=O)OCC(=O)NC2CCC(C)CC2)c(C)c1C(=O)OC(C)C. The highest BCUT2D eigenvalue weighted by Crippen LogP contribution is 2.23. The fourth-order valence-electron chi connectivity index (χ4n) is 3.41. The minimum atomic E-state index is -0.661. The number of aryl methyl sites for hydroxylation is 1. The Labute approximate surface area is 160 Å². The van der Waals surface area contributed by atoms with Gasteiger partial charge in [-0.1, -0.05) is 6.92 Å². The van der Waals surface area contributed by atoms with Crippen LogP contribution in [0.25, 0.3) is 0 Å². The number of hydrogen-bond donors (Lipinski definition) is 2. The van der Waals surface area contributed by atoms with Crippen molar-refractivity contribution in [1.82, 2.24) is 10.3 Å². The molecule has 1 aliphatic carbocycles. The summed E-state index contributed by atoms with van der Waals surface area (Å²) in [5, 5.41) is 2.92. The number of esters is 2. The maximum atomic E-state index is 12.3. The molecule has 0 radical (unpaired) electrons. The van der Waals surface area contributed by atoms with E-state index in [2.05, 4.69) is 17.2 Å². The first-order valence-electron chi connectivity index (χ1n) is 9.55. The van der Waals surface area contributed by atoms with E-state index in [4.69, 9.17) is 9.47 Å². The zero-order valence-electron chi connectivity index (χ0n) is 16.8. The number of aromatic nitrogens is 1. The molecule has 1 aliphatic rings. The number of nitrogens with one attached hydrogen (secondary N) is 2. The van der Waals surface area contributed by atoms with Gasteiger partial charge in [-0.05, 0) is 64.9 Å². The fourth-order valence-corrected chi connectivity index (χ4v) is 3.41. The Morgan fingerprint density at radius 3 is 2.33 bits per heavy atom. The molecule has 0 saturated heterocycles. The van der Waals surface area contributed by atoms with Crippen LogP contribution in [0.4, 0.5) is 0 Å². The summed E-state index contributed by atoms with van der Waals surface area (Å²) in [7, 11) is 0. The lowest BCUT2D eigenvalue weighted by Crippen LogP contribution is -2.39. The highest BCUT2D eigenvalue weighted by Gasteiger charge is 2.25. The van der Waals surface area contributed by atoms with Crippen LogP contribution in [0.15, 0.2) is 0 Å². The van der Waals surface area contributed by atoms with Gasteiger partial charge in [-0.2, -0.15) is 0 Å². The third-order valence-corrected chi connectivity index (χ3v) is 4.90. The summed E-state index contributed by atoms with van der Waals surface area (Å²) in [6.45, 7) is 8.74. The molecule has 1 fully saturated rings. The Kier molecular flexibility index (Phi) is 7.05. The maximum Gasteiger partial charge on any atom is 0.355 e. The van der Waals surface area contributed by atoms with Crippen LogP contribution in [-0.4, -0.2) is 41.6 Å². The molecule has 0 unspecified atom stereocenters. The highest BCUT2D eigenvalue weighted by atomic mass is 16.5. The minimum absolute atomic E-state index is 0.152. The molecule has 0 atom stereocenters. The molecule has 0 spiro atoms. The van der Waals surface area contributed by atoms with Gasteiger partial charge in [0.05, 0.1) is 11.7 Å². The van der Waals surface area contributed by atoms with Gasteiger partial charge >= 0.3 is 11.9 Å². The molecule has 150 valence electrons. The Hall–Kier alpha value is -2.31. The molecule has 1 aromatic heterocycles. The van der Waals surface area contributed by atoms with Gasteiger partial charge in [0.2, 0.25) is 0 Å². The summed E-state index contributed by atoms with van der Waals surface area (Å²) in [5.74, 6) is -0.749. The number of amides is 1. The monoisotopic (exact) mass is 378 g/mol. The zero-order chi connectivity index (χ0) is 20.1. The van der Waals surface area contributed by atoms with Crippen molar-refractivity contribution in [3.05, 3.63) is 22.5 Å². The first-order chi connectivity index (χ1) is 12.7. The molecule has 1 aromatic rings. The van der Waals surface area contributed by atoms with E-state index in [1.807, 2.05) is 0 Å². The maximum absolute atomic E-state index is 12.3. The summed E-state index contributed by atoms with van der Waals surface area (Å²) >= 11 is 0. The van der Waals surface area contributed by atoms with Gasteiger partial charge in [-0.15, -0.1) is 0 Å². The lowest BCUT2D eigenvalue weighted by atomic mass is 9.87. The van der Waals surface area contributed by atoms with Gasteiger partial charge in [0.1, 0.15) is 5.69 Å². The summed E-state index contributed by atoms with van der Waals surface area (Å²) < 4.78 is 10.3. The predicted molar refractivity (Wildman–Crippen MR) is 101 cm³/mol. The summed E-state index contributed by atoms with van der Waals surface area (Å²) in [5.41, 5.74) is 1.50. The number of rotatable bonds is 6. The number of aromatic amines is 1. The van der Waals surface area contributed by atoms with Crippen molar-refractivity contribution in [2.75, 3.05) is 6.61 Å². The highest BCUT2D eigenvalue weighted by molar-refractivity contribution is 5.99. The van der Waals surface area contributed by atoms with Crippen molar-refractivity contribution < 1.29 is 23.9 Å². The minimum Gasteiger partial charge on any atom is -0.459 e. The molecule has 0 bridgehead atoms. The molecular weight excluding hydrogens is 348 g/mol. The van der Waals surface area contributed by atoms with Crippen molar-refractivity contribution in [2.24, 2.45) is 5.92 Å². The Morgan fingerprint density at radius 1 is 1.11 bits per heavy atom. The molecule has 27 heavy (non-hydrogen) atoms. The first-order valence-corrected chi connectivity index (χ1v) is 9.55. The summed E-state index contributed by atoms with van der Waals surface area (Å²) in [6, 6.07) is 0.152. The van der Waals surface area contributed by atoms with Crippen molar-refractivity contribution >= 4 is 17.8 Å². The van der Waals surface area contributed by atoms with E-state index in [9.17, 15) is 14.4 Å². The quantitative estimate of drug-likeness (QED) is 0.742. The lowest BCUT2D eigenvalue weighted by Gasteiger charge is -2.26. The molecular formula is C20H30N2O5. The normalized spacial score (nSPS) is 19.6. The second-order valence-corrected chi connectivity index (χ2v) is 7.68. The van der Waals surface area contributed by atoms with Crippen LogP contribution in [0.3, 0.4) is 0 Å². The Morgan fingerprint density at radius 2 is 1.74 bits per heavy atom. The number of carbonyl (C=O) groups is 3. The van der Waals surface area contributed by atoms with Gasteiger partial charge < -0.3 is 19.8 Å². The largest absolute Gasteiger partial charge is 0.459 e. The second-order valence-electron chi connectivity index (χ2n) is 7.68. The van der Waals surface area contributed by atoms with E-state index in [0.29, 0.717) is 22.7 Å². The predicted octanol–water partition coefficient (Wildman–Crippen LogP) is 3.05. The van der Waals surface area contributed by atoms with Gasteiger partial charge in [-0.25, -0.2) is 9.59 Å². The molecule has 1 saturated carbocycles. The van der Waals surface area contributed by atoms with Crippen LogP contribution >= 0.6 is 0 Å². The van der Waals surface area contributed by atoms with Gasteiger partial charge in [-0.3, -0.25) is 4.79 Å². The lowest BCUT2D eigenvalue weighted by molar-refractivity contribution is -0.125. The molecule has 7 nitrogen and oxygen atoms in total. The van der Waals surface area contributed by atoms with Gasteiger partial charge in [0.25, 0.3) is 5.91 Å². The topological polar surface area (TPSA) is 97.5 Å². The average Bonchev–Trinajstić information content (AvgIpc) is 2.89. The van der Waals surface area contributed by atoms with Crippen LogP contribution in [-0.2, 0) is 14.3 Å². The van der Waals surface area contributed by atoms with Crippen LogP contribution < -0.4 is 5.32 Å². The Balaban J connectivity index is 1.92. The third kappa shape index (κ3) is 5.58. The fraction of sp³-hybridized carbons (Fsp3) is 0.650. The molecule has 1 amide bonds. The standard InChI is InChI=1S/C20H30N2O5/c1-11(2)27-19(24)17-13(4)18(21-14(17)5)20(25)26-10-16(23)22-15-8-6-12(3)7-9-15/h11-12,15,21H,6-10H2,1-5H3,(H,22,23). The van der Waals surface area contributed by atoms with E-state index >= 15 is 0 Å². The van der Waals surface area contributed by atoms with Gasteiger partial charge in [0.15, 0.2) is 6.61 Å². The molecule has 1 heterocycles. The molecule has 7 heteroatoms. The third-order valence-electron chi connectivity index (χ3n) is 4.90. The van der Waals surface area contributed by atoms with Crippen LogP contribution in [0.1, 0.15) is 78.6 Å². The van der Waals surface area contributed by atoms with Crippen molar-refractivity contribution in [1.29, 1.82) is 0 Å². The number of H-pyrrole nitrogens is 1. The van der Waals surface area contributed by atoms with Crippen LogP contribution in [0.5, 0.6) is 0 Å². The van der Waals surface area contributed by atoms with E-state index in [1.165, 1.54) is 0 Å². The van der Waals surface area contributed by atoms with E-state index < -0.39 is 11.9 Å². The van der Waals surface area contributed by atoms with Crippen molar-refractivity contribution in [3.8, 4) is 0 Å². The molecule has 0 aliphatic heterocycles. The first kappa shape index (κ1) is 21.0. The number of ether oxygens (including phenoxy) is 2. The van der Waals surface area contributed by atoms with E-state index in [-0.39, 0.29) is 30.4 Å². The number of carbonyl (C=O) groups excluding carboxylic acids is 3. The van der Waals surface area contributed by atoms with E-state index in [1.54, 1.807) is 27.7 Å². The average molecular weight is 378 g/mol. The van der Waals surface area contributed by atoms with Gasteiger partial charge in [0, 0.05) is 11.7 Å².